The Balaban J connectivity index is 2.19. The summed E-state index contributed by atoms with van der Waals surface area (Å²) in [6.07, 6.45) is 0. The highest BCUT2D eigenvalue weighted by Crippen LogP contribution is 2.27. The first-order chi connectivity index (χ1) is 9.40. The van der Waals surface area contributed by atoms with E-state index in [1.807, 2.05) is 25.6 Å². The van der Waals surface area contributed by atoms with E-state index in [0.29, 0.717) is 12.2 Å². The summed E-state index contributed by atoms with van der Waals surface area (Å²) in [5.41, 5.74) is 3.66. The molecule has 0 saturated heterocycles. The summed E-state index contributed by atoms with van der Waals surface area (Å²) in [5, 5.41) is 18.5. The van der Waals surface area contributed by atoms with Gasteiger partial charge in [0.05, 0.1) is 10.6 Å². The van der Waals surface area contributed by atoms with Crippen LogP contribution < -0.4 is 5.32 Å². The lowest BCUT2D eigenvalue weighted by molar-refractivity contribution is -0.384. The lowest BCUT2D eigenvalue weighted by Gasteiger charge is -2.07. The van der Waals surface area contributed by atoms with Gasteiger partial charge in [-0.25, -0.2) is 0 Å². The van der Waals surface area contributed by atoms with Crippen molar-refractivity contribution in [2.75, 3.05) is 5.32 Å². The molecule has 0 fully saturated rings. The van der Waals surface area contributed by atoms with E-state index in [9.17, 15) is 10.1 Å². The fraction of sp³-hybridized carbons (Fsp3) is 0.308. The van der Waals surface area contributed by atoms with Crippen molar-refractivity contribution >= 4 is 23.0 Å². The van der Waals surface area contributed by atoms with Crippen molar-refractivity contribution < 1.29 is 4.92 Å². The Morgan fingerprint density at radius 2 is 2.15 bits per heavy atom. The third-order valence-electron chi connectivity index (χ3n) is 3.27. The molecule has 2 rings (SSSR count). The molecule has 1 aromatic heterocycles. The first kappa shape index (κ1) is 14.3. The van der Waals surface area contributed by atoms with Crippen molar-refractivity contribution in [1.82, 2.24) is 9.78 Å². The number of aryl methyl sites for hydroxylation is 2. The standard InChI is InChI=1S/C13H15ClN4O2/c1-8-11(9(2)17(3)16-8)7-15-10-4-5-12(14)13(6-10)18(19)20/h4-6,15H,7H2,1-3H3. The van der Waals surface area contributed by atoms with Crippen LogP contribution in [0.2, 0.25) is 5.02 Å². The van der Waals surface area contributed by atoms with Gasteiger partial charge in [0.2, 0.25) is 0 Å². The summed E-state index contributed by atoms with van der Waals surface area (Å²) in [7, 11) is 1.89. The Morgan fingerprint density at radius 3 is 2.70 bits per heavy atom. The van der Waals surface area contributed by atoms with Crippen molar-refractivity contribution in [2.45, 2.75) is 20.4 Å². The SMILES string of the molecule is Cc1nn(C)c(C)c1CNc1ccc(Cl)c([N+](=O)[O-])c1. The Bertz CT molecular complexity index is 667. The Hall–Kier alpha value is -2.08. The number of halogens is 1. The maximum absolute atomic E-state index is 10.8. The van der Waals surface area contributed by atoms with Crippen LogP contribution in [0, 0.1) is 24.0 Å². The van der Waals surface area contributed by atoms with Gasteiger partial charge in [-0.1, -0.05) is 11.6 Å². The number of rotatable bonds is 4. The maximum atomic E-state index is 10.8. The van der Waals surface area contributed by atoms with Crippen molar-refractivity contribution in [3.8, 4) is 0 Å². The molecule has 0 aliphatic heterocycles. The molecular weight excluding hydrogens is 280 g/mol. The van der Waals surface area contributed by atoms with Crippen LogP contribution in [-0.4, -0.2) is 14.7 Å². The predicted octanol–water partition coefficient (Wildman–Crippen LogP) is 3.21. The van der Waals surface area contributed by atoms with Crippen LogP contribution in [0.1, 0.15) is 17.0 Å². The molecule has 0 aliphatic rings. The van der Waals surface area contributed by atoms with E-state index in [0.717, 1.165) is 17.0 Å². The van der Waals surface area contributed by atoms with Gasteiger partial charge >= 0.3 is 0 Å². The minimum Gasteiger partial charge on any atom is -0.381 e. The number of benzene rings is 1. The van der Waals surface area contributed by atoms with Gasteiger partial charge in [-0.3, -0.25) is 14.8 Å². The second-order valence-corrected chi connectivity index (χ2v) is 4.96. The summed E-state index contributed by atoms with van der Waals surface area (Å²) in [6.45, 7) is 4.49. The van der Waals surface area contributed by atoms with E-state index in [-0.39, 0.29) is 10.7 Å². The number of aromatic nitrogens is 2. The van der Waals surface area contributed by atoms with E-state index < -0.39 is 4.92 Å². The average molecular weight is 295 g/mol. The molecule has 6 nitrogen and oxygen atoms in total. The van der Waals surface area contributed by atoms with E-state index >= 15 is 0 Å². The number of nitro benzene ring substituents is 1. The fourth-order valence-corrected chi connectivity index (χ4v) is 2.21. The van der Waals surface area contributed by atoms with Gasteiger partial charge in [0.15, 0.2) is 0 Å². The van der Waals surface area contributed by atoms with Crippen molar-refractivity contribution in [3.63, 3.8) is 0 Å². The zero-order valence-electron chi connectivity index (χ0n) is 11.5. The molecule has 0 unspecified atom stereocenters. The number of anilines is 1. The first-order valence-electron chi connectivity index (χ1n) is 6.07. The topological polar surface area (TPSA) is 73.0 Å². The number of hydrogen-bond acceptors (Lipinski definition) is 4. The van der Waals surface area contributed by atoms with E-state index in [1.54, 1.807) is 6.07 Å². The van der Waals surface area contributed by atoms with Crippen LogP contribution in [-0.2, 0) is 13.6 Å². The van der Waals surface area contributed by atoms with Crippen LogP contribution in [0.5, 0.6) is 0 Å². The Labute approximate surface area is 121 Å². The molecule has 0 saturated carbocycles. The highest BCUT2D eigenvalue weighted by atomic mass is 35.5. The minimum atomic E-state index is -0.492. The number of hydrogen-bond donors (Lipinski definition) is 1. The van der Waals surface area contributed by atoms with Gasteiger partial charge in [0, 0.05) is 36.6 Å². The monoisotopic (exact) mass is 294 g/mol. The third-order valence-corrected chi connectivity index (χ3v) is 3.59. The highest BCUT2D eigenvalue weighted by Gasteiger charge is 2.13. The quantitative estimate of drug-likeness (QED) is 0.694. The van der Waals surface area contributed by atoms with Gasteiger partial charge in [0.1, 0.15) is 5.02 Å². The highest BCUT2D eigenvalue weighted by molar-refractivity contribution is 6.32. The molecule has 0 spiro atoms. The van der Waals surface area contributed by atoms with E-state index in [2.05, 4.69) is 10.4 Å². The van der Waals surface area contributed by atoms with Gasteiger partial charge in [-0.15, -0.1) is 0 Å². The Kier molecular flexibility index (Phi) is 3.94. The number of nitrogens with one attached hydrogen (secondary N) is 1. The lowest BCUT2D eigenvalue weighted by Crippen LogP contribution is -2.03. The first-order valence-corrected chi connectivity index (χ1v) is 6.45. The zero-order valence-corrected chi connectivity index (χ0v) is 12.2. The van der Waals surface area contributed by atoms with E-state index in [4.69, 9.17) is 11.6 Å². The second kappa shape index (κ2) is 5.50. The van der Waals surface area contributed by atoms with Gasteiger partial charge in [-0.2, -0.15) is 5.10 Å². The lowest BCUT2D eigenvalue weighted by atomic mass is 10.2. The molecule has 106 valence electrons. The van der Waals surface area contributed by atoms with Crippen LogP contribution in [0.4, 0.5) is 11.4 Å². The number of nitro groups is 1. The summed E-state index contributed by atoms with van der Waals surface area (Å²) >= 11 is 5.78. The van der Waals surface area contributed by atoms with Gasteiger partial charge in [0.25, 0.3) is 5.69 Å². The van der Waals surface area contributed by atoms with Crippen molar-refractivity contribution in [2.24, 2.45) is 7.05 Å². The average Bonchev–Trinajstić information content (AvgIpc) is 2.62. The van der Waals surface area contributed by atoms with Crippen LogP contribution >= 0.6 is 11.6 Å². The van der Waals surface area contributed by atoms with Gasteiger partial charge < -0.3 is 5.32 Å². The van der Waals surface area contributed by atoms with Crippen LogP contribution in [0.25, 0.3) is 0 Å². The molecule has 2 aromatic rings. The summed E-state index contributed by atoms with van der Waals surface area (Å²) in [5.74, 6) is 0. The summed E-state index contributed by atoms with van der Waals surface area (Å²) < 4.78 is 1.82. The molecule has 7 heteroatoms. The predicted molar refractivity (Wildman–Crippen MR) is 78.1 cm³/mol. The normalized spacial score (nSPS) is 10.6. The second-order valence-electron chi connectivity index (χ2n) is 4.55. The molecule has 1 N–H and O–H groups in total. The molecule has 0 radical (unpaired) electrons. The molecule has 1 heterocycles. The molecule has 0 amide bonds. The number of nitrogens with zero attached hydrogens (tertiary/aromatic N) is 3. The molecule has 0 atom stereocenters. The summed E-state index contributed by atoms with van der Waals surface area (Å²) in [4.78, 5) is 10.3. The van der Waals surface area contributed by atoms with Crippen LogP contribution in [0.15, 0.2) is 18.2 Å². The maximum Gasteiger partial charge on any atom is 0.289 e. The minimum absolute atomic E-state index is 0.101. The summed E-state index contributed by atoms with van der Waals surface area (Å²) in [6, 6.07) is 4.67. The van der Waals surface area contributed by atoms with Crippen LogP contribution in [0.3, 0.4) is 0 Å². The molecule has 20 heavy (non-hydrogen) atoms. The molecule has 1 aromatic carbocycles. The zero-order chi connectivity index (χ0) is 14.9. The third kappa shape index (κ3) is 2.75. The molecular formula is C13H15ClN4O2. The Morgan fingerprint density at radius 1 is 1.45 bits per heavy atom. The van der Waals surface area contributed by atoms with E-state index in [1.165, 1.54) is 12.1 Å². The van der Waals surface area contributed by atoms with Crippen molar-refractivity contribution in [1.29, 1.82) is 0 Å². The van der Waals surface area contributed by atoms with Crippen molar-refractivity contribution in [3.05, 3.63) is 50.3 Å². The largest absolute Gasteiger partial charge is 0.381 e. The molecule has 0 aliphatic carbocycles. The van der Waals surface area contributed by atoms with Gasteiger partial charge in [-0.05, 0) is 26.0 Å². The fourth-order valence-electron chi connectivity index (χ4n) is 2.03. The smallest absolute Gasteiger partial charge is 0.289 e. The molecule has 0 bridgehead atoms.